The van der Waals surface area contributed by atoms with E-state index < -0.39 is 0 Å². The van der Waals surface area contributed by atoms with Crippen molar-refractivity contribution >= 4 is 11.8 Å². The molecule has 0 aromatic carbocycles. The molecule has 0 aromatic rings. The Kier molecular flexibility index (Phi) is 8.37. The van der Waals surface area contributed by atoms with Gasteiger partial charge in [0.2, 0.25) is 11.8 Å². The summed E-state index contributed by atoms with van der Waals surface area (Å²) in [7, 11) is 3.21. The van der Waals surface area contributed by atoms with Crippen LogP contribution in [0.3, 0.4) is 0 Å². The molecule has 0 radical (unpaired) electrons. The van der Waals surface area contributed by atoms with Gasteiger partial charge in [0.1, 0.15) is 0 Å². The van der Waals surface area contributed by atoms with Crippen molar-refractivity contribution in [3.05, 3.63) is 0 Å². The number of carbonyl (C=O) groups excluding carboxylic acids is 2. The van der Waals surface area contributed by atoms with Crippen LogP contribution in [0, 0.1) is 5.92 Å². The molecule has 0 rings (SSSR count). The Labute approximate surface area is 110 Å². The molecule has 2 amide bonds. The van der Waals surface area contributed by atoms with Gasteiger partial charge in [-0.05, 0) is 33.1 Å². The van der Waals surface area contributed by atoms with Crippen LogP contribution in [-0.2, 0) is 14.3 Å². The van der Waals surface area contributed by atoms with E-state index in [1.54, 1.807) is 14.1 Å². The van der Waals surface area contributed by atoms with Crippen LogP contribution in [0.2, 0.25) is 0 Å². The number of ether oxygens (including phenoxy) is 1. The van der Waals surface area contributed by atoms with Crippen LogP contribution in [0.5, 0.6) is 0 Å². The van der Waals surface area contributed by atoms with Crippen LogP contribution in [0.15, 0.2) is 0 Å². The average Bonchev–Trinajstić information content (AvgIpc) is 2.27. The molecule has 18 heavy (non-hydrogen) atoms. The van der Waals surface area contributed by atoms with Gasteiger partial charge in [0.15, 0.2) is 0 Å². The fraction of sp³-hybridized carbons (Fsp3) is 0.846. The fourth-order valence-corrected chi connectivity index (χ4v) is 1.96. The molecule has 0 aliphatic heterocycles. The summed E-state index contributed by atoms with van der Waals surface area (Å²) in [6.45, 7) is 5.92. The molecule has 2 N–H and O–H groups in total. The maximum Gasteiger partial charge on any atom is 0.220 e. The molecule has 0 aliphatic carbocycles. The predicted molar refractivity (Wildman–Crippen MR) is 71.2 cm³/mol. The predicted octanol–water partition coefficient (Wildman–Crippen LogP) is 1.08. The zero-order valence-corrected chi connectivity index (χ0v) is 12.1. The zero-order valence-electron chi connectivity index (χ0n) is 12.1. The van der Waals surface area contributed by atoms with E-state index in [4.69, 9.17) is 4.74 Å². The first kappa shape index (κ1) is 16.9. The maximum absolute atomic E-state index is 11.4. The molecule has 5 heteroatoms. The van der Waals surface area contributed by atoms with Crippen LogP contribution in [-0.4, -0.2) is 38.1 Å². The summed E-state index contributed by atoms with van der Waals surface area (Å²) in [5.74, 6) is -0.0695. The highest BCUT2D eigenvalue weighted by Crippen LogP contribution is 2.18. The Hall–Kier alpha value is -1.10. The number of amides is 2. The van der Waals surface area contributed by atoms with Crippen molar-refractivity contribution in [3.8, 4) is 0 Å². The fourth-order valence-electron chi connectivity index (χ4n) is 1.96. The van der Waals surface area contributed by atoms with Crippen LogP contribution < -0.4 is 10.6 Å². The first-order valence-electron chi connectivity index (χ1n) is 6.45. The van der Waals surface area contributed by atoms with Gasteiger partial charge in [0, 0.05) is 26.9 Å². The molecule has 0 aliphatic rings. The molecule has 0 bridgehead atoms. The number of nitrogens with one attached hydrogen (secondary N) is 2. The van der Waals surface area contributed by atoms with Crippen molar-refractivity contribution in [3.63, 3.8) is 0 Å². The second-order valence-electron chi connectivity index (χ2n) is 4.85. The van der Waals surface area contributed by atoms with Gasteiger partial charge < -0.3 is 15.4 Å². The lowest BCUT2D eigenvalue weighted by Gasteiger charge is -2.22. The van der Waals surface area contributed by atoms with Crippen LogP contribution >= 0.6 is 0 Å². The molecule has 1 atom stereocenters. The molecule has 5 nitrogen and oxygen atoms in total. The minimum atomic E-state index is -0.0411. The molecule has 0 saturated carbocycles. The lowest BCUT2D eigenvalue weighted by molar-refractivity contribution is -0.124. The highest BCUT2D eigenvalue weighted by Gasteiger charge is 2.20. The molecule has 0 spiro atoms. The topological polar surface area (TPSA) is 67.4 Å². The van der Waals surface area contributed by atoms with Crippen molar-refractivity contribution in [1.29, 1.82) is 0 Å². The van der Waals surface area contributed by atoms with Gasteiger partial charge in [0.25, 0.3) is 0 Å². The first-order valence-corrected chi connectivity index (χ1v) is 6.45. The van der Waals surface area contributed by atoms with Crippen LogP contribution in [0.4, 0.5) is 0 Å². The van der Waals surface area contributed by atoms with Crippen molar-refractivity contribution < 1.29 is 14.3 Å². The Balaban J connectivity index is 4.36. The number of hydrogen-bond donors (Lipinski definition) is 2. The van der Waals surface area contributed by atoms with E-state index >= 15 is 0 Å². The third kappa shape index (κ3) is 8.06. The molecule has 0 saturated heterocycles. The summed E-state index contributed by atoms with van der Waals surface area (Å²) in [6, 6.07) is 0. The summed E-state index contributed by atoms with van der Waals surface area (Å²) in [4.78, 5) is 22.8. The smallest absolute Gasteiger partial charge is 0.220 e. The second kappa shape index (κ2) is 8.91. The zero-order chi connectivity index (χ0) is 14.1. The monoisotopic (exact) mass is 258 g/mol. The average molecular weight is 258 g/mol. The first-order chi connectivity index (χ1) is 8.38. The van der Waals surface area contributed by atoms with Crippen LogP contribution in [0.1, 0.15) is 40.0 Å². The van der Waals surface area contributed by atoms with Crippen LogP contribution in [0.25, 0.3) is 0 Å². The quantitative estimate of drug-likeness (QED) is 0.684. The highest BCUT2D eigenvalue weighted by molar-refractivity contribution is 5.79. The molecular formula is C13H26N2O3. The SMILES string of the molecule is CNC(=O)CC(CC(=O)NC)CC(C)OC(C)C. The van der Waals surface area contributed by atoms with Crippen molar-refractivity contribution in [2.45, 2.75) is 52.2 Å². The number of hydrogen-bond acceptors (Lipinski definition) is 3. The summed E-state index contributed by atoms with van der Waals surface area (Å²) in [6.07, 6.45) is 1.62. The van der Waals surface area contributed by atoms with Gasteiger partial charge in [-0.15, -0.1) is 0 Å². The number of rotatable bonds is 8. The van der Waals surface area contributed by atoms with E-state index in [2.05, 4.69) is 10.6 Å². The van der Waals surface area contributed by atoms with Gasteiger partial charge in [-0.1, -0.05) is 0 Å². The van der Waals surface area contributed by atoms with E-state index in [9.17, 15) is 9.59 Å². The summed E-state index contributed by atoms with van der Waals surface area (Å²) >= 11 is 0. The minimum Gasteiger partial charge on any atom is -0.376 e. The van der Waals surface area contributed by atoms with E-state index in [-0.39, 0.29) is 29.9 Å². The minimum absolute atomic E-state index is 0.0126. The van der Waals surface area contributed by atoms with Gasteiger partial charge >= 0.3 is 0 Å². The third-order valence-electron chi connectivity index (χ3n) is 2.68. The van der Waals surface area contributed by atoms with Crippen molar-refractivity contribution in [2.24, 2.45) is 5.92 Å². The molecule has 1 unspecified atom stereocenters. The molecule has 106 valence electrons. The number of carbonyl (C=O) groups is 2. The molecular weight excluding hydrogens is 232 g/mol. The van der Waals surface area contributed by atoms with E-state index in [1.807, 2.05) is 20.8 Å². The molecule has 0 aromatic heterocycles. The summed E-state index contributed by atoms with van der Waals surface area (Å²) in [5, 5.41) is 5.18. The van der Waals surface area contributed by atoms with Crippen molar-refractivity contribution in [1.82, 2.24) is 10.6 Å². The standard InChI is InChI=1S/C13H26N2O3/c1-9(2)18-10(3)6-11(7-12(16)14-4)8-13(17)15-5/h9-11H,6-8H2,1-5H3,(H,14,16)(H,15,17). The Bertz CT molecular complexity index is 249. The van der Waals surface area contributed by atoms with E-state index in [0.717, 1.165) is 0 Å². The largest absolute Gasteiger partial charge is 0.376 e. The summed E-state index contributed by atoms with van der Waals surface area (Å²) in [5.41, 5.74) is 0. The van der Waals surface area contributed by atoms with Gasteiger partial charge in [-0.25, -0.2) is 0 Å². The maximum atomic E-state index is 11.4. The Morgan fingerprint density at radius 2 is 1.44 bits per heavy atom. The third-order valence-corrected chi connectivity index (χ3v) is 2.68. The lowest BCUT2D eigenvalue weighted by atomic mass is 9.94. The van der Waals surface area contributed by atoms with Gasteiger partial charge in [-0.2, -0.15) is 0 Å². The highest BCUT2D eigenvalue weighted by atomic mass is 16.5. The normalized spacial score (nSPS) is 12.6. The lowest BCUT2D eigenvalue weighted by Crippen LogP contribution is -2.29. The van der Waals surface area contributed by atoms with Gasteiger partial charge in [0.05, 0.1) is 12.2 Å². The Morgan fingerprint density at radius 1 is 1.00 bits per heavy atom. The summed E-state index contributed by atoms with van der Waals surface area (Å²) < 4.78 is 5.65. The van der Waals surface area contributed by atoms with E-state index in [1.165, 1.54) is 0 Å². The second-order valence-corrected chi connectivity index (χ2v) is 4.85. The van der Waals surface area contributed by atoms with Crippen molar-refractivity contribution in [2.75, 3.05) is 14.1 Å². The molecule has 0 heterocycles. The Morgan fingerprint density at radius 3 is 1.78 bits per heavy atom. The van der Waals surface area contributed by atoms with Gasteiger partial charge in [-0.3, -0.25) is 9.59 Å². The van der Waals surface area contributed by atoms with E-state index in [0.29, 0.717) is 19.3 Å². The molecule has 0 fully saturated rings.